The lowest BCUT2D eigenvalue weighted by molar-refractivity contribution is -0.126. The van der Waals surface area contributed by atoms with Crippen LogP contribution < -0.4 is 10.6 Å². The molecule has 2 atom stereocenters. The fourth-order valence-electron chi connectivity index (χ4n) is 2.14. The minimum atomic E-state index is 0.154. The summed E-state index contributed by atoms with van der Waals surface area (Å²) in [6.07, 6.45) is 1.86. The highest BCUT2D eigenvalue weighted by Gasteiger charge is 2.24. The summed E-state index contributed by atoms with van der Waals surface area (Å²) in [6, 6.07) is 4.26. The molecular weight excluding hydrogens is 256 g/mol. The van der Waals surface area contributed by atoms with Gasteiger partial charge in [-0.15, -0.1) is 11.3 Å². The normalized spacial score (nSPS) is 24.6. The molecule has 1 aromatic heterocycles. The van der Waals surface area contributed by atoms with E-state index in [0.29, 0.717) is 12.6 Å². The standard InChI is InChI=1S/C12H17ClN2OS/c1-8-6-9(4-5-14-8)12(16)15-7-10-2-3-11(13)17-10/h2-3,8-9,14H,4-7H2,1H3,(H,15,16)/t8-,9-/m0/s1. The molecule has 1 aliphatic rings. The monoisotopic (exact) mass is 272 g/mol. The zero-order chi connectivity index (χ0) is 12.3. The van der Waals surface area contributed by atoms with E-state index in [4.69, 9.17) is 11.6 Å². The zero-order valence-corrected chi connectivity index (χ0v) is 11.4. The Balaban J connectivity index is 1.80. The lowest BCUT2D eigenvalue weighted by Gasteiger charge is -2.27. The molecule has 1 aliphatic heterocycles. The van der Waals surface area contributed by atoms with Gasteiger partial charge in [-0.1, -0.05) is 11.6 Å². The molecule has 0 unspecified atom stereocenters. The maximum Gasteiger partial charge on any atom is 0.223 e. The minimum absolute atomic E-state index is 0.154. The van der Waals surface area contributed by atoms with Gasteiger partial charge in [-0.25, -0.2) is 0 Å². The first-order valence-electron chi connectivity index (χ1n) is 5.90. The average Bonchev–Trinajstić information content (AvgIpc) is 2.72. The number of rotatable bonds is 3. The number of amides is 1. The third kappa shape index (κ3) is 3.69. The Morgan fingerprint density at radius 2 is 2.47 bits per heavy atom. The Labute approximate surface area is 111 Å². The highest BCUT2D eigenvalue weighted by Crippen LogP contribution is 2.21. The molecule has 0 bridgehead atoms. The molecule has 2 rings (SSSR count). The van der Waals surface area contributed by atoms with E-state index in [9.17, 15) is 4.79 Å². The van der Waals surface area contributed by atoms with Gasteiger partial charge in [0.05, 0.1) is 10.9 Å². The van der Waals surface area contributed by atoms with Crippen molar-refractivity contribution >= 4 is 28.8 Å². The topological polar surface area (TPSA) is 41.1 Å². The van der Waals surface area contributed by atoms with E-state index in [0.717, 1.165) is 28.6 Å². The van der Waals surface area contributed by atoms with Crippen LogP contribution in [-0.2, 0) is 11.3 Å². The number of carbonyl (C=O) groups excluding carboxylic acids is 1. The summed E-state index contributed by atoms with van der Waals surface area (Å²) in [5, 5.41) is 6.34. The Bertz CT molecular complexity index is 394. The van der Waals surface area contributed by atoms with E-state index in [1.165, 1.54) is 11.3 Å². The van der Waals surface area contributed by atoms with Crippen LogP contribution in [0.15, 0.2) is 12.1 Å². The lowest BCUT2D eigenvalue weighted by Crippen LogP contribution is -2.42. The third-order valence-electron chi connectivity index (χ3n) is 3.06. The molecule has 17 heavy (non-hydrogen) atoms. The van der Waals surface area contributed by atoms with Gasteiger partial charge >= 0.3 is 0 Å². The minimum Gasteiger partial charge on any atom is -0.351 e. The van der Waals surface area contributed by atoms with E-state index in [-0.39, 0.29) is 11.8 Å². The Kier molecular flexibility index (Phi) is 4.42. The fraction of sp³-hybridized carbons (Fsp3) is 0.583. The fourth-order valence-corrected chi connectivity index (χ4v) is 3.16. The van der Waals surface area contributed by atoms with E-state index in [2.05, 4.69) is 17.6 Å². The van der Waals surface area contributed by atoms with Gasteiger partial charge in [0.25, 0.3) is 0 Å². The maximum atomic E-state index is 12.0. The van der Waals surface area contributed by atoms with Crippen LogP contribution in [0.3, 0.4) is 0 Å². The predicted octanol–water partition coefficient (Wildman–Crippen LogP) is 2.41. The Morgan fingerprint density at radius 1 is 1.65 bits per heavy atom. The van der Waals surface area contributed by atoms with E-state index < -0.39 is 0 Å². The SMILES string of the molecule is C[C@H]1C[C@@H](C(=O)NCc2ccc(Cl)s2)CCN1. The molecule has 2 N–H and O–H groups in total. The number of hydrogen-bond donors (Lipinski definition) is 2. The molecule has 94 valence electrons. The molecule has 1 amide bonds. The van der Waals surface area contributed by atoms with Crippen LogP contribution in [0.4, 0.5) is 0 Å². The van der Waals surface area contributed by atoms with Gasteiger partial charge < -0.3 is 10.6 Å². The van der Waals surface area contributed by atoms with Crippen molar-refractivity contribution in [2.45, 2.75) is 32.4 Å². The van der Waals surface area contributed by atoms with Gasteiger partial charge in [0.2, 0.25) is 5.91 Å². The summed E-state index contributed by atoms with van der Waals surface area (Å²) >= 11 is 7.36. The number of carbonyl (C=O) groups is 1. The smallest absolute Gasteiger partial charge is 0.223 e. The zero-order valence-electron chi connectivity index (χ0n) is 9.83. The average molecular weight is 273 g/mol. The van der Waals surface area contributed by atoms with Crippen molar-refractivity contribution in [3.63, 3.8) is 0 Å². The van der Waals surface area contributed by atoms with Crippen molar-refractivity contribution in [3.8, 4) is 0 Å². The molecule has 1 fully saturated rings. The molecule has 0 aromatic carbocycles. The van der Waals surface area contributed by atoms with Crippen molar-refractivity contribution in [3.05, 3.63) is 21.3 Å². The van der Waals surface area contributed by atoms with Crippen molar-refractivity contribution in [1.82, 2.24) is 10.6 Å². The highest BCUT2D eigenvalue weighted by atomic mass is 35.5. The third-order valence-corrected chi connectivity index (χ3v) is 4.29. The summed E-state index contributed by atoms with van der Waals surface area (Å²) in [4.78, 5) is 13.1. The summed E-state index contributed by atoms with van der Waals surface area (Å²) in [6.45, 7) is 3.65. The van der Waals surface area contributed by atoms with Gasteiger partial charge in [-0.2, -0.15) is 0 Å². The largest absolute Gasteiger partial charge is 0.351 e. The van der Waals surface area contributed by atoms with Gasteiger partial charge in [-0.05, 0) is 38.4 Å². The molecular formula is C12H17ClN2OS. The second-order valence-corrected chi connectivity index (χ2v) is 6.30. The van der Waals surface area contributed by atoms with Crippen LogP contribution in [0.2, 0.25) is 4.34 Å². The van der Waals surface area contributed by atoms with Crippen LogP contribution in [0.1, 0.15) is 24.6 Å². The number of piperidine rings is 1. The molecule has 5 heteroatoms. The van der Waals surface area contributed by atoms with Crippen LogP contribution in [-0.4, -0.2) is 18.5 Å². The predicted molar refractivity (Wildman–Crippen MR) is 71.4 cm³/mol. The molecule has 0 saturated carbocycles. The van der Waals surface area contributed by atoms with E-state index in [1.807, 2.05) is 12.1 Å². The Morgan fingerprint density at radius 3 is 3.12 bits per heavy atom. The molecule has 0 aliphatic carbocycles. The van der Waals surface area contributed by atoms with Gasteiger partial charge in [0.1, 0.15) is 0 Å². The van der Waals surface area contributed by atoms with Crippen LogP contribution in [0.25, 0.3) is 0 Å². The second-order valence-electron chi connectivity index (χ2n) is 4.50. The summed E-state index contributed by atoms with van der Waals surface area (Å²) < 4.78 is 0.768. The number of halogens is 1. The number of nitrogens with one attached hydrogen (secondary N) is 2. The summed E-state index contributed by atoms with van der Waals surface area (Å²) in [5.74, 6) is 0.324. The van der Waals surface area contributed by atoms with Crippen LogP contribution in [0, 0.1) is 5.92 Å². The summed E-state index contributed by atoms with van der Waals surface area (Å²) in [5.41, 5.74) is 0. The molecule has 0 spiro atoms. The molecule has 1 aromatic rings. The second kappa shape index (κ2) is 5.85. The molecule has 1 saturated heterocycles. The molecule has 2 heterocycles. The molecule has 0 radical (unpaired) electrons. The Hall–Kier alpha value is -0.580. The maximum absolute atomic E-state index is 12.0. The van der Waals surface area contributed by atoms with Gasteiger partial charge in [-0.3, -0.25) is 4.79 Å². The van der Waals surface area contributed by atoms with Crippen molar-refractivity contribution in [2.75, 3.05) is 6.54 Å². The van der Waals surface area contributed by atoms with E-state index in [1.54, 1.807) is 0 Å². The van der Waals surface area contributed by atoms with Crippen molar-refractivity contribution in [2.24, 2.45) is 5.92 Å². The van der Waals surface area contributed by atoms with Gasteiger partial charge in [0, 0.05) is 16.8 Å². The quantitative estimate of drug-likeness (QED) is 0.887. The van der Waals surface area contributed by atoms with Crippen molar-refractivity contribution < 1.29 is 4.79 Å². The van der Waals surface area contributed by atoms with E-state index >= 15 is 0 Å². The summed E-state index contributed by atoms with van der Waals surface area (Å²) in [7, 11) is 0. The number of thiophene rings is 1. The van der Waals surface area contributed by atoms with Gasteiger partial charge in [0.15, 0.2) is 0 Å². The highest BCUT2D eigenvalue weighted by molar-refractivity contribution is 7.16. The van der Waals surface area contributed by atoms with Crippen LogP contribution in [0.5, 0.6) is 0 Å². The molecule has 3 nitrogen and oxygen atoms in total. The number of hydrogen-bond acceptors (Lipinski definition) is 3. The van der Waals surface area contributed by atoms with Crippen LogP contribution >= 0.6 is 22.9 Å². The lowest BCUT2D eigenvalue weighted by atomic mass is 9.92. The first kappa shape index (κ1) is 12.9. The van der Waals surface area contributed by atoms with Crippen molar-refractivity contribution in [1.29, 1.82) is 0 Å². The first-order chi connectivity index (χ1) is 8.15. The first-order valence-corrected chi connectivity index (χ1v) is 7.10.